The Morgan fingerprint density at radius 1 is 1.42 bits per heavy atom. The Balaban J connectivity index is 2.14. The molecule has 5 heteroatoms. The molecule has 0 spiro atoms. The first-order valence-electron chi connectivity index (χ1n) is 3.39. The van der Waals surface area contributed by atoms with Crippen LogP contribution in [0.4, 0.5) is 0 Å². The summed E-state index contributed by atoms with van der Waals surface area (Å²) in [5, 5.41) is 8.37. The summed E-state index contributed by atoms with van der Waals surface area (Å²) in [6, 6.07) is 1.94. The molecule has 0 aliphatic heterocycles. The van der Waals surface area contributed by atoms with Crippen molar-refractivity contribution in [3.63, 3.8) is 0 Å². The largest absolute Gasteiger partial charge is 0.260 e. The van der Waals surface area contributed by atoms with Gasteiger partial charge in [-0.15, -0.1) is 0 Å². The van der Waals surface area contributed by atoms with Crippen molar-refractivity contribution in [1.29, 1.82) is 0 Å². The molecule has 2 aromatic rings. The lowest BCUT2D eigenvalue weighted by molar-refractivity contribution is 1.08. The van der Waals surface area contributed by atoms with Crippen LogP contribution in [0.5, 0.6) is 0 Å². The van der Waals surface area contributed by atoms with E-state index in [0.717, 1.165) is 11.5 Å². The van der Waals surface area contributed by atoms with E-state index < -0.39 is 0 Å². The number of H-pyrrole nitrogens is 1. The summed E-state index contributed by atoms with van der Waals surface area (Å²) < 4.78 is 4.11. The Kier molecular flexibility index (Phi) is 1.96. The number of hydrogen-bond donors (Lipinski definition) is 1. The summed E-state index contributed by atoms with van der Waals surface area (Å²) in [4.78, 5) is 3.94. The van der Waals surface area contributed by atoms with Crippen LogP contribution in [-0.2, 0) is 0 Å². The lowest BCUT2D eigenvalue weighted by Crippen LogP contribution is -1.74. The van der Waals surface area contributed by atoms with Gasteiger partial charge in [-0.2, -0.15) is 9.47 Å². The minimum absolute atomic E-state index is 0.739. The fourth-order valence-electron chi connectivity index (χ4n) is 0.767. The maximum atomic E-state index is 4.11. The highest BCUT2D eigenvalue weighted by atomic mass is 32.1. The first kappa shape index (κ1) is 7.17. The van der Waals surface area contributed by atoms with E-state index in [1.807, 2.05) is 23.6 Å². The summed E-state index contributed by atoms with van der Waals surface area (Å²) in [5.41, 5.74) is 0.941. The van der Waals surface area contributed by atoms with Crippen LogP contribution < -0.4 is 0 Å². The molecule has 0 fully saturated rings. The second kappa shape index (κ2) is 3.27. The van der Waals surface area contributed by atoms with Crippen LogP contribution >= 0.6 is 11.5 Å². The van der Waals surface area contributed by atoms with Gasteiger partial charge >= 0.3 is 0 Å². The minimum Gasteiger partial charge on any atom is -0.260 e. The van der Waals surface area contributed by atoms with Crippen LogP contribution in [-0.4, -0.2) is 19.6 Å². The van der Waals surface area contributed by atoms with Gasteiger partial charge < -0.3 is 0 Å². The Bertz CT molecular complexity index is 312. The molecule has 2 heterocycles. The zero-order valence-corrected chi connectivity index (χ0v) is 6.95. The van der Waals surface area contributed by atoms with Gasteiger partial charge in [0, 0.05) is 5.38 Å². The molecule has 4 nitrogen and oxygen atoms in total. The monoisotopic (exact) mass is 178 g/mol. The van der Waals surface area contributed by atoms with Gasteiger partial charge in [0.1, 0.15) is 12.2 Å². The Hall–Kier alpha value is -1.49. The summed E-state index contributed by atoms with van der Waals surface area (Å²) in [7, 11) is 0. The molecule has 0 amide bonds. The van der Waals surface area contributed by atoms with Gasteiger partial charge in [0.2, 0.25) is 0 Å². The molecule has 2 rings (SSSR count). The van der Waals surface area contributed by atoms with Crippen molar-refractivity contribution in [2.24, 2.45) is 0 Å². The number of nitrogens with one attached hydrogen (secondary N) is 1. The zero-order chi connectivity index (χ0) is 8.23. The molecule has 0 saturated carbocycles. The molecule has 2 aromatic heterocycles. The summed E-state index contributed by atoms with van der Waals surface area (Å²) in [6.45, 7) is 0. The van der Waals surface area contributed by atoms with E-state index in [4.69, 9.17) is 0 Å². The van der Waals surface area contributed by atoms with E-state index in [2.05, 4.69) is 19.6 Å². The van der Waals surface area contributed by atoms with Gasteiger partial charge in [-0.05, 0) is 29.8 Å². The Labute approximate surface area is 73.1 Å². The van der Waals surface area contributed by atoms with Crippen molar-refractivity contribution in [1.82, 2.24) is 19.6 Å². The van der Waals surface area contributed by atoms with Gasteiger partial charge in [0.25, 0.3) is 0 Å². The molecule has 0 aliphatic rings. The van der Waals surface area contributed by atoms with Gasteiger partial charge in [-0.3, -0.25) is 5.10 Å². The van der Waals surface area contributed by atoms with E-state index in [-0.39, 0.29) is 0 Å². The highest BCUT2D eigenvalue weighted by Crippen LogP contribution is 2.03. The number of rotatable bonds is 2. The van der Waals surface area contributed by atoms with Crippen LogP contribution in [0, 0.1) is 0 Å². The third kappa shape index (κ3) is 1.57. The van der Waals surface area contributed by atoms with E-state index in [9.17, 15) is 0 Å². The number of nitrogens with zero attached hydrogens (tertiary/aromatic N) is 3. The first-order valence-corrected chi connectivity index (χ1v) is 4.22. The summed E-state index contributed by atoms with van der Waals surface area (Å²) in [5.74, 6) is 0.739. The normalized spacial score (nSPS) is 11.0. The topological polar surface area (TPSA) is 54.5 Å². The SMILES string of the molecule is C(=C\c1ncn[nH]1)/c1ccsn1. The molecule has 12 heavy (non-hydrogen) atoms. The standard InChI is InChI=1S/C7H6N4S/c1(6-3-4-12-11-6)2-7-8-5-9-10-7/h1-5H,(H,8,9,10)/b2-1+. The molecule has 0 bridgehead atoms. The van der Waals surface area contributed by atoms with Crippen molar-refractivity contribution in [3.8, 4) is 0 Å². The molecule has 0 aromatic carbocycles. The van der Waals surface area contributed by atoms with Crippen LogP contribution in [0.2, 0.25) is 0 Å². The van der Waals surface area contributed by atoms with Crippen molar-refractivity contribution in [2.75, 3.05) is 0 Å². The Morgan fingerprint density at radius 2 is 2.42 bits per heavy atom. The highest BCUT2D eigenvalue weighted by Gasteiger charge is 1.89. The smallest absolute Gasteiger partial charge is 0.148 e. The van der Waals surface area contributed by atoms with Crippen molar-refractivity contribution < 1.29 is 0 Å². The van der Waals surface area contributed by atoms with Gasteiger partial charge in [-0.25, -0.2) is 4.98 Å². The lowest BCUT2D eigenvalue weighted by atomic mass is 10.4. The number of hydrogen-bond acceptors (Lipinski definition) is 4. The van der Waals surface area contributed by atoms with E-state index >= 15 is 0 Å². The molecular formula is C7H6N4S. The molecule has 1 N–H and O–H groups in total. The average molecular weight is 178 g/mol. The predicted octanol–water partition coefficient (Wildman–Crippen LogP) is 1.43. The first-order chi connectivity index (χ1) is 5.95. The third-order valence-electron chi connectivity index (χ3n) is 1.30. The predicted molar refractivity (Wildman–Crippen MR) is 47.4 cm³/mol. The van der Waals surface area contributed by atoms with Gasteiger partial charge in [0.15, 0.2) is 0 Å². The Morgan fingerprint density at radius 3 is 3.08 bits per heavy atom. The molecule has 0 radical (unpaired) electrons. The van der Waals surface area contributed by atoms with Crippen LogP contribution in [0.25, 0.3) is 12.2 Å². The molecule has 0 aliphatic carbocycles. The number of aromatic amines is 1. The van der Waals surface area contributed by atoms with Gasteiger partial charge in [0.05, 0.1) is 5.69 Å². The summed E-state index contributed by atoms with van der Waals surface area (Å²) >= 11 is 1.43. The maximum Gasteiger partial charge on any atom is 0.148 e. The van der Waals surface area contributed by atoms with E-state index in [0.29, 0.717) is 0 Å². The zero-order valence-electron chi connectivity index (χ0n) is 6.14. The molecule has 0 saturated heterocycles. The van der Waals surface area contributed by atoms with Crippen LogP contribution in [0.15, 0.2) is 17.8 Å². The molecule has 0 unspecified atom stereocenters. The van der Waals surface area contributed by atoms with Crippen molar-refractivity contribution in [2.45, 2.75) is 0 Å². The second-order valence-corrected chi connectivity index (χ2v) is 2.79. The summed E-state index contributed by atoms with van der Waals surface area (Å²) in [6.07, 6.45) is 5.19. The van der Waals surface area contributed by atoms with Gasteiger partial charge in [-0.1, -0.05) is 0 Å². The van der Waals surface area contributed by atoms with Crippen LogP contribution in [0.3, 0.4) is 0 Å². The van der Waals surface area contributed by atoms with Crippen LogP contribution in [0.1, 0.15) is 11.5 Å². The molecular weight excluding hydrogens is 172 g/mol. The third-order valence-corrected chi connectivity index (χ3v) is 1.88. The molecule has 0 atom stereocenters. The highest BCUT2D eigenvalue weighted by molar-refractivity contribution is 7.03. The van der Waals surface area contributed by atoms with E-state index in [1.54, 1.807) is 0 Å². The average Bonchev–Trinajstić information content (AvgIpc) is 2.74. The fourth-order valence-corrected chi connectivity index (χ4v) is 1.27. The fraction of sp³-hybridized carbons (Fsp3) is 0. The second-order valence-electron chi connectivity index (χ2n) is 2.13. The van der Waals surface area contributed by atoms with Crippen molar-refractivity contribution in [3.05, 3.63) is 29.3 Å². The van der Waals surface area contributed by atoms with Crippen molar-refractivity contribution >= 4 is 23.7 Å². The van der Waals surface area contributed by atoms with E-state index in [1.165, 1.54) is 17.9 Å². The minimum atomic E-state index is 0.739. The maximum absolute atomic E-state index is 4.11. The number of aromatic nitrogens is 4. The quantitative estimate of drug-likeness (QED) is 0.756. The molecule has 60 valence electrons. The lowest BCUT2D eigenvalue weighted by Gasteiger charge is -1.80.